The maximum atomic E-state index is 13.5. The lowest BCUT2D eigenvalue weighted by Crippen LogP contribution is -2.48. The monoisotopic (exact) mass is 450 g/mol. The van der Waals surface area contributed by atoms with Gasteiger partial charge in [0.2, 0.25) is 5.91 Å². The van der Waals surface area contributed by atoms with Gasteiger partial charge in [-0.05, 0) is 69.8 Å². The molecule has 0 heterocycles. The second-order valence-corrected chi connectivity index (χ2v) is 10.1. The molecule has 0 saturated heterocycles. The number of nitrogens with one attached hydrogen (secondary N) is 1. The standard InChI is InChI=1S/C22H30N2O4S2/c1-6-22(3,4)23-21(25)16-24(19-10-8-9-11-20(19)28-7-2)30(26,27)18-14-12-17(29-5)13-15-18/h8-15H,6-7,16H2,1-5H3,(H,23,25). The molecule has 2 aromatic rings. The zero-order valence-electron chi connectivity index (χ0n) is 18.1. The quantitative estimate of drug-likeness (QED) is 0.546. The molecule has 2 rings (SSSR count). The SMILES string of the molecule is CCOc1ccccc1N(CC(=O)NC(C)(C)CC)S(=O)(=O)c1ccc(SC)cc1. The van der Waals surface area contributed by atoms with E-state index in [1.165, 1.54) is 11.8 Å². The minimum absolute atomic E-state index is 0.120. The van der Waals surface area contributed by atoms with Gasteiger partial charge in [0.1, 0.15) is 12.3 Å². The second kappa shape index (κ2) is 10.2. The van der Waals surface area contributed by atoms with Gasteiger partial charge in [0, 0.05) is 10.4 Å². The summed E-state index contributed by atoms with van der Waals surface area (Å²) in [6.07, 6.45) is 2.64. The predicted octanol–water partition coefficient (Wildman–Crippen LogP) is 4.31. The summed E-state index contributed by atoms with van der Waals surface area (Å²) < 4.78 is 33.9. The molecule has 164 valence electrons. The first-order chi connectivity index (χ1) is 14.1. The highest BCUT2D eigenvalue weighted by atomic mass is 32.2. The largest absolute Gasteiger partial charge is 0.492 e. The number of anilines is 1. The van der Waals surface area contributed by atoms with Crippen LogP contribution in [0, 0.1) is 0 Å². The molecule has 0 aliphatic rings. The molecule has 30 heavy (non-hydrogen) atoms. The summed E-state index contributed by atoms with van der Waals surface area (Å²) in [6.45, 7) is 7.63. The second-order valence-electron chi connectivity index (χ2n) is 7.37. The Balaban J connectivity index is 2.51. The molecule has 0 fully saturated rings. The van der Waals surface area contributed by atoms with E-state index < -0.39 is 15.6 Å². The van der Waals surface area contributed by atoms with Gasteiger partial charge in [0.25, 0.3) is 10.0 Å². The molecular formula is C22H30N2O4S2. The van der Waals surface area contributed by atoms with E-state index in [9.17, 15) is 13.2 Å². The molecule has 1 N–H and O–H groups in total. The van der Waals surface area contributed by atoms with E-state index >= 15 is 0 Å². The zero-order valence-corrected chi connectivity index (χ0v) is 19.8. The Hall–Kier alpha value is -2.19. The molecule has 0 unspecified atom stereocenters. The van der Waals surface area contributed by atoms with Crippen molar-refractivity contribution in [3.63, 3.8) is 0 Å². The fourth-order valence-electron chi connectivity index (χ4n) is 2.75. The van der Waals surface area contributed by atoms with Gasteiger partial charge < -0.3 is 10.1 Å². The first-order valence-corrected chi connectivity index (χ1v) is 12.5. The number of para-hydroxylation sites is 2. The molecule has 0 aliphatic heterocycles. The smallest absolute Gasteiger partial charge is 0.264 e. The van der Waals surface area contributed by atoms with Crippen LogP contribution in [-0.2, 0) is 14.8 Å². The normalized spacial score (nSPS) is 11.8. The summed E-state index contributed by atoms with van der Waals surface area (Å²) in [5.41, 5.74) is -0.107. The van der Waals surface area contributed by atoms with Crippen molar-refractivity contribution in [3.8, 4) is 5.75 Å². The number of carbonyl (C=O) groups excluding carboxylic acids is 1. The summed E-state index contributed by atoms with van der Waals surface area (Å²) in [4.78, 5) is 13.9. The lowest BCUT2D eigenvalue weighted by molar-refractivity contribution is -0.121. The Labute approximate surface area is 184 Å². The van der Waals surface area contributed by atoms with Crippen molar-refractivity contribution < 1.29 is 17.9 Å². The van der Waals surface area contributed by atoms with E-state index in [4.69, 9.17) is 4.74 Å². The highest BCUT2D eigenvalue weighted by molar-refractivity contribution is 7.98. The summed E-state index contributed by atoms with van der Waals surface area (Å²) >= 11 is 1.53. The predicted molar refractivity (Wildman–Crippen MR) is 123 cm³/mol. The number of amides is 1. The number of hydrogen-bond acceptors (Lipinski definition) is 5. The Morgan fingerprint density at radius 1 is 1.10 bits per heavy atom. The van der Waals surface area contributed by atoms with Gasteiger partial charge in [-0.2, -0.15) is 0 Å². The molecule has 0 radical (unpaired) electrons. The number of hydrogen-bond donors (Lipinski definition) is 1. The molecular weight excluding hydrogens is 420 g/mol. The number of sulfonamides is 1. The fourth-order valence-corrected chi connectivity index (χ4v) is 4.59. The molecule has 0 saturated carbocycles. The molecule has 1 amide bonds. The zero-order chi connectivity index (χ0) is 22.4. The lowest BCUT2D eigenvalue weighted by atomic mass is 10.0. The van der Waals surface area contributed by atoms with E-state index in [0.717, 1.165) is 15.6 Å². The molecule has 2 aromatic carbocycles. The Kier molecular flexibility index (Phi) is 8.20. The van der Waals surface area contributed by atoms with Gasteiger partial charge >= 0.3 is 0 Å². The van der Waals surface area contributed by atoms with Gasteiger partial charge in [0.15, 0.2) is 0 Å². The van der Waals surface area contributed by atoms with Crippen molar-refractivity contribution in [2.75, 3.05) is 23.7 Å². The van der Waals surface area contributed by atoms with Gasteiger partial charge in [0.05, 0.1) is 17.2 Å². The Morgan fingerprint density at radius 2 is 1.73 bits per heavy atom. The van der Waals surface area contributed by atoms with E-state index in [1.54, 1.807) is 48.5 Å². The van der Waals surface area contributed by atoms with Crippen LogP contribution in [0.2, 0.25) is 0 Å². The van der Waals surface area contributed by atoms with E-state index in [-0.39, 0.29) is 17.3 Å². The van der Waals surface area contributed by atoms with E-state index in [2.05, 4.69) is 5.32 Å². The maximum absolute atomic E-state index is 13.5. The third-order valence-electron chi connectivity index (χ3n) is 4.73. The summed E-state index contributed by atoms with van der Waals surface area (Å²) in [6, 6.07) is 13.5. The third-order valence-corrected chi connectivity index (χ3v) is 7.25. The summed E-state index contributed by atoms with van der Waals surface area (Å²) in [5, 5.41) is 2.91. The number of nitrogens with zero attached hydrogens (tertiary/aromatic N) is 1. The van der Waals surface area contributed by atoms with Crippen LogP contribution in [-0.4, -0.2) is 39.3 Å². The lowest BCUT2D eigenvalue weighted by Gasteiger charge is -2.29. The molecule has 6 nitrogen and oxygen atoms in total. The van der Waals surface area contributed by atoms with Crippen LogP contribution in [0.3, 0.4) is 0 Å². The van der Waals surface area contributed by atoms with Crippen LogP contribution in [0.5, 0.6) is 5.75 Å². The van der Waals surface area contributed by atoms with Crippen molar-refractivity contribution in [1.29, 1.82) is 0 Å². The van der Waals surface area contributed by atoms with Crippen molar-refractivity contribution in [3.05, 3.63) is 48.5 Å². The molecule has 0 spiro atoms. The number of ether oxygens (including phenoxy) is 1. The molecule has 0 aliphatic carbocycles. The molecule has 8 heteroatoms. The highest BCUT2D eigenvalue weighted by Crippen LogP contribution is 2.33. The van der Waals surface area contributed by atoms with Gasteiger partial charge in [-0.1, -0.05) is 19.1 Å². The topological polar surface area (TPSA) is 75.7 Å². The van der Waals surface area contributed by atoms with E-state index in [1.807, 2.05) is 34.0 Å². The van der Waals surface area contributed by atoms with Crippen molar-refractivity contribution >= 4 is 33.4 Å². The molecule has 0 bridgehead atoms. The van der Waals surface area contributed by atoms with Crippen molar-refractivity contribution in [2.24, 2.45) is 0 Å². The molecule has 0 atom stereocenters. The summed E-state index contributed by atoms with van der Waals surface area (Å²) in [5.74, 6) is 0.0318. The van der Waals surface area contributed by atoms with Crippen molar-refractivity contribution in [1.82, 2.24) is 5.32 Å². The third kappa shape index (κ3) is 5.92. The van der Waals surface area contributed by atoms with Crippen LogP contribution in [0.25, 0.3) is 0 Å². The van der Waals surface area contributed by atoms with Crippen LogP contribution in [0.1, 0.15) is 34.1 Å². The van der Waals surface area contributed by atoms with Crippen LogP contribution >= 0.6 is 11.8 Å². The Morgan fingerprint density at radius 3 is 2.30 bits per heavy atom. The fraction of sp³-hybridized carbons (Fsp3) is 0.409. The van der Waals surface area contributed by atoms with Crippen LogP contribution in [0.4, 0.5) is 5.69 Å². The average Bonchev–Trinajstić information content (AvgIpc) is 2.72. The van der Waals surface area contributed by atoms with Crippen LogP contribution in [0.15, 0.2) is 58.3 Å². The first kappa shape index (κ1) is 24.1. The minimum atomic E-state index is -3.99. The number of rotatable bonds is 10. The van der Waals surface area contributed by atoms with Gasteiger partial charge in [-0.25, -0.2) is 8.42 Å². The average molecular weight is 451 g/mol. The van der Waals surface area contributed by atoms with E-state index in [0.29, 0.717) is 18.0 Å². The minimum Gasteiger partial charge on any atom is -0.492 e. The maximum Gasteiger partial charge on any atom is 0.264 e. The van der Waals surface area contributed by atoms with Gasteiger partial charge in [-0.15, -0.1) is 11.8 Å². The number of benzene rings is 2. The highest BCUT2D eigenvalue weighted by Gasteiger charge is 2.30. The number of carbonyl (C=O) groups is 1. The van der Waals surface area contributed by atoms with Crippen LogP contribution < -0.4 is 14.4 Å². The first-order valence-electron chi connectivity index (χ1n) is 9.84. The van der Waals surface area contributed by atoms with Crippen molar-refractivity contribution in [2.45, 2.75) is 49.4 Å². The number of thioether (sulfide) groups is 1. The van der Waals surface area contributed by atoms with Gasteiger partial charge in [-0.3, -0.25) is 9.10 Å². The summed E-state index contributed by atoms with van der Waals surface area (Å²) in [7, 11) is -3.99. The molecule has 0 aromatic heterocycles. The Bertz CT molecular complexity index is 957.